The maximum Gasteiger partial charge on any atom is 0.496 e. The van der Waals surface area contributed by atoms with Crippen LogP contribution in [0.2, 0.25) is 0 Å². The van der Waals surface area contributed by atoms with Crippen LogP contribution in [-0.4, -0.2) is 41.1 Å². The second kappa shape index (κ2) is 4.57. The number of aromatic nitrogens is 2. The lowest BCUT2D eigenvalue weighted by molar-refractivity contribution is -0.0216. The largest absolute Gasteiger partial charge is 0.496 e. The summed E-state index contributed by atoms with van der Waals surface area (Å²) in [7, 11) is -0.364. The van der Waals surface area contributed by atoms with E-state index in [0.717, 1.165) is 29.7 Å². The zero-order chi connectivity index (χ0) is 15.5. The molecule has 2 aromatic heterocycles. The molecular weight excluding hydrogens is 279 g/mol. The molecule has 4 rings (SSSR count). The Balaban J connectivity index is 1.66. The minimum absolute atomic E-state index is 0.332. The van der Waals surface area contributed by atoms with E-state index in [1.54, 1.807) is 0 Å². The first-order chi connectivity index (χ1) is 10.4. The number of rotatable bonds is 2. The number of hydrogen-bond donors (Lipinski definition) is 0. The summed E-state index contributed by atoms with van der Waals surface area (Å²) in [6, 6.07) is 4.61. The Morgan fingerprint density at radius 3 is 2.45 bits per heavy atom. The Labute approximate surface area is 130 Å². The van der Waals surface area contributed by atoms with Gasteiger partial charge in [-0.1, -0.05) is 0 Å². The van der Waals surface area contributed by atoms with Crippen molar-refractivity contribution in [1.82, 2.24) is 9.55 Å². The first-order valence-corrected chi connectivity index (χ1v) is 7.77. The molecule has 22 heavy (non-hydrogen) atoms. The average molecular weight is 300 g/mol. The maximum absolute atomic E-state index is 6.10. The third-order valence-corrected chi connectivity index (χ3v) is 5.11. The van der Waals surface area contributed by atoms with Crippen molar-refractivity contribution in [3.8, 4) is 0 Å². The molecule has 0 atom stereocenters. The van der Waals surface area contributed by atoms with Crippen molar-refractivity contribution < 1.29 is 14.0 Å². The fourth-order valence-electron chi connectivity index (χ4n) is 2.85. The van der Waals surface area contributed by atoms with E-state index in [1.807, 2.05) is 6.20 Å². The van der Waals surface area contributed by atoms with Gasteiger partial charge in [-0.25, -0.2) is 4.98 Å². The van der Waals surface area contributed by atoms with Gasteiger partial charge in [0.2, 0.25) is 0 Å². The SMILES string of the molecule is CC1(C)OB(c2cnc3c(ccn3C3COC3)c2)OC1(C)C. The first kappa shape index (κ1) is 14.2. The smallest absolute Gasteiger partial charge is 0.399 e. The van der Waals surface area contributed by atoms with Crippen molar-refractivity contribution in [1.29, 1.82) is 0 Å². The highest BCUT2D eigenvalue weighted by Gasteiger charge is 2.51. The van der Waals surface area contributed by atoms with Crippen molar-refractivity contribution in [2.45, 2.75) is 44.9 Å². The summed E-state index contributed by atoms with van der Waals surface area (Å²) in [5.74, 6) is 0. The predicted molar refractivity (Wildman–Crippen MR) is 85.3 cm³/mol. The van der Waals surface area contributed by atoms with E-state index >= 15 is 0 Å². The summed E-state index contributed by atoms with van der Waals surface area (Å²) in [4.78, 5) is 4.63. The van der Waals surface area contributed by atoms with Crippen molar-refractivity contribution in [3.63, 3.8) is 0 Å². The lowest BCUT2D eigenvalue weighted by Gasteiger charge is -2.32. The van der Waals surface area contributed by atoms with Gasteiger partial charge in [0.15, 0.2) is 0 Å². The summed E-state index contributed by atoms with van der Waals surface area (Å²) < 4.78 is 19.7. The molecular formula is C16H21BN2O3. The molecule has 0 saturated carbocycles. The van der Waals surface area contributed by atoms with Gasteiger partial charge in [0.25, 0.3) is 0 Å². The Hall–Kier alpha value is -1.37. The van der Waals surface area contributed by atoms with Crippen LogP contribution < -0.4 is 5.46 Å². The monoisotopic (exact) mass is 300 g/mol. The van der Waals surface area contributed by atoms with Crippen molar-refractivity contribution in [2.24, 2.45) is 0 Å². The fourth-order valence-corrected chi connectivity index (χ4v) is 2.85. The molecule has 0 aromatic carbocycles. The number of pyridine rings is 1. The number of nitrogens with zero attached hydrogens (tertiary/aromatic N) is 2. The van der Waals surface area contributed by atoms with Gasteiger partial charge in [0.1, 0.15) is 5.65 Å². The molecule has 2 aliphatic rings. The molecule has 0 aliphatic carbocycles. The van der Waals surface area contributed by atoms with Crippen LogP contribution in [0.5, 0.6) is 0 Å². The lowest BCUT2D eigenvalue weighted by Crippen LogP contribution is -2.41. The van der Waals surface area contributed by atoms with Gasteiger partial charge in [-0.3, -0.25) is 0 Å². The molecule has 5 nitrogen and oxygen atoms in total. The molecule has 0 spiro atoms. The first-order valence-electron chi connectivity index (χ1n) is 7.77. The van der Waals surface area contributed by atoms with Gasteiger partial charge in [-0.15, -0.1) is 0 Å². The second-order valence-corrected chi connectivity index (χ2v) is 7.18. The standard InChI is InChI=1S/C16H21BN2O3/c1-15(2)16(3,4)22-17(21-15)12-7-11-5-6-19(13-9-20-10-13)14(11)18-8-12/h5-8,13H,9-10H2,1-4H3. The van der Waals surface area contributed by atoms with E-state index in [0.29, 0.717) is 6.04 Å². The molecule has 2 aliphatic heterocycles. The van der Waals surface area contributed by atoms with Gasteiger partial charge < -0.3 is 18.6 Å². The van der Waals surface area contributed by atoms with Gasteiger partial charge in [0, 0.05) is 23.2 Å². The van der Waals surface area contributed by atoms with Crippen molar-refractivity contribution in [3.05, 3.63) is 24.5 Å². The third kappa shape index (κ3) is 2.01. The molecule has 2 saturated heterocycles. The highest BCUT2D eigenvalue weighted by molar-refractivity contribution is 6.62. The number of hydrogen-bond acceptors (Lipinski definition) is 4. The Morgan fingerprint density at radius 1 is 1.18 bits per heavy atom. The summed E-state index contributed by atoms with van der Waals surface area (Å²) in [5, 5.41) is 1.11. The van der Waals surface area contributed by atoms with Crippen LogP contribution >= 0.6 is 0 Å². The molecule has 4 heterocycles. The summed E-state index contributed by atoms with van der Waals surface area (Å²) in [6.45, 7) is 9.78. The van der Waals surface area contributed by atoms with Crippen LogP contribution in [-0.2, 0) is 14.0 Å². The molecule has 0 N–H and O–H groups in total. The molecule has 116 valence electrons. The van der Waals surface area contributed by atoms with Crippen LogP contribution in [0.15, 0.2) is 24.5 Å². The topological polar surface area (TPSA) is 45.5 Å². The Morgan fingerprint density at radius 2 is 1.86 bits per heavy atom. The molecule has 0 radical (unpaired) electrons. The van der Waals surface area contributed by atoms with Crippen LogP contribution in [0.1, 0.15) is 33.7 Å². The molecule has 6 heteroatoms. The summed E-state index contributed by atoms with van der Waals surface area (Å²) >= 11 is 0. The van der Waals surface area contributed by atoms with E-state index in [4.69, 9.17) is 14.0 Å². The Bertz CT molecular complexity index is 705. The van der Waals surface area contributed by atoms with Crippen LogP contribution in [0.25, 0.3) is 11.0 Å². The minimum Gasteiger partial charge on any atom is -0.399 e. The number of ether oxygens (including phenoxy) is 1. The van der Waals surface area contributed by atoms with Crippen molar-refractivity contribution in [2.75, 3.05) is 13.2 Å². The third-order valence-electron chi connectivity index (χ3n) is 5.11. The van der Waals surface area contributed by atoms with Crippen molar-refractivity contribution >= 4 is 23.6 Å². The van der Waals surface area contributed by atoms with Gasteiger partial charge >= 0.3 is 7.12 Å². The quantitative estimate of drug-likeness (QED) is 0.795. The molecule has 0 amide bonds. The average Bonchev–Trinajstić information content (AvgIpc) is 2.87. The van der Waals surface area contributed by atoms with E-state index in [2.05, 4.69) is 55.6 Å². The molecule has 0 unspecified atom stereocenters. The highest BCUT2D eigenvalue weighted by Crippen LogP contribution is 2.36. The van der Waals surface area contributed by atoms with Gasteiger partial charge in [0.05, 0.1) is 30.5 Å². The fraction of sp³-hybridized carbons (Fsp3) is 0.562. The normalized spacial score (nSPS) is 23.9. The van der Waals surface area contributed by atoms with Gasteiger partial charge in [-0.05, 0) is 39.8 Å². The molecule has 2 fully saturated rings. The molecule has 2 aromatic rings. The van der Waals surface area contributed by atoms with E-state index < -0.39 is 0 Å². The maximum atomic E-state index is 6.10. The predicted octanol–water partition coefficient (Wildman–Crippen LogP) is 1.91. The number of fused-ring (bicyclic) bond motifs is 1. The van der Waals surface area contributed by atoms with E-state index in [-0.39, 0.29) is 18.3 Å². The second-order valence-electron chi connectivity index (χ2n) is 7.18. The van der Waals surface area contributed by atoms with E-state index in [1.165, 1.54) is 0 Å². The van der Waals surface area contributed by atoms with Gasteiger partial charge in [-0.2, -0.15) is 0 Å². The zero-order valence-corrected chi connectivity index (χ0v) is 13.5. The molecule has 0 bridgehead atoms. The highest BCUT2D eigenvalue weighted by atomic mass is 16.7. The summed E-state index contributed by atoms with van der Waals surface area (Å²) in [6.07, 6.45) is 3.94. The Kier molecular flexibility index (Phi) is 2.96. The lowest BCUT2D eigenvalue weighted by atomic mass is 9.80. The van der Waals surface area contributed by atoms with Crippen LogP contribution in [0, 0.1) is 0 Å². The minimum atomic E-state index is -0.364. The van der Waals surface area contributed by atoms with Crippen LogP contribution in [0.4, 0.5) is 0 Å². The zero-order valence-electron chi connectivity index (χ0n) is 13.5. The van der Waals surface area contributed by atoms with Crippen LogP contribution in [0.3, 0.4) is 0 Å². The van der Waals surface area contributed by atoms with E-state index in [9.17, 15) is 0 Å². The summed E-state index contributed by atoms with van der Waals surface area (Å²) in [5.41, 5.74) is 1.30.